The standard InChI is InChI=1S/C11H23NO2/c1-6-10(4)7-12(9(2)3)8-11(13)14-5/h9-10H,6-8H2,1-5H3. The van der Waals surface area contributed by atoms with Gasteiger partial charge >= 0.3 is 5.97 Å². The van der Waals surface area contributed by atoms with Crippen molar-refractivity contribution < 1.29 is 9.53 Å². The van der Waals surface area contributed by atoms with Gasteiger partial charge in [-0.15, -0.1) is 0 Å². The van der Waals surface area contributed by atoms with Crippen molar-refractivity contribution in [3.05, 3.63) is 0 Å². The van der Waals surface area contributed by atoms with Gasteiger partial charge in [-0.2, -0.15) is 0 Å². The zero-order valence-corrected chi connectivity index (χ0v) is 10.0. The number of hydrogen-bond acceptors (Lipinski definition) is 3. The molecule has 3 nitrogen and oxygen atoms in total. The zero-order valence-electron chi connectivity index (χ0n) is 10.0. The maximum Gasteiger partial charge on any atom is 0.319 e. The molecule has 0 rings (SSSR count). The quantitative estimate of drug-likeness (QED) is 0.615. The van der Waals surface area contributed by atoms with Crippen molar-refractivity contribution in [3.8, 4) is 0 Å². The highest BCUT2D eigenvalue weighted by molar-refractivity contribution is 5.71. The molecule has 0 saturated heterocycles. The van der Waals surface area contributed by atoms with Crippen molar-refractivity contribution in [2.24, 2.45) is 5.92 Å². The highest BCUT2D eigenvalue weighted by atomic mass is 16.5. The zero-order chi connectivity index (χ0) is 11.1. The summed E-state index contributed by atoms with van der Waals surface area (Å²) in [6, 6.07) is 0.392. The molecule has 0 amide bonds. The van der Waals surface area contributed by atoms with E-state index >= 15 is 0 Å². The van der Waals surface area contributed by atoms with Crippen LogP contribution in [0.4, 0.5) is 0 Å². The number of nitrogens with zero attached hydrogens (tertiary/aromatic N) is 1. The Morgan fingerprint density at radius 3 is 2.29 bits per heavy atom. The van der Waals surface area contributed by atoms with Gasteiger partial charge in [0.1, 0.15) is 0 Å². The number of rotatable bonds is 6. The van der Waals surface area contributed by atoms with E-state index in [1.165, 1.54) is 7.11 Å². The molecule has 0 spiro atoms. The lowest BCUT2D eigenvalue weighted by Crippen LogP contribution is -2.39. The Labute approximate surface area is 87.4 Å². The minimum absolute atomic E-state index is 0.151. The summed E-state index contributed by atoms with van der Waals surface area (Å²) in [4.78, 5) is 13.3. The van der Waals surface area contributed by atoms with Crippen LogP contribution < -0.4 is 0 Å². The van der Waals surface area contributed by atoms with Gasteiger partial charge in [0.05, 0.1) is 13.7 Å². The average molecular weight is 201 g/mol. The molecule has 0 heterocycles. The molecule has 84 valence electrons. The van der Waals surface area contributed by atoms with Gasteiger partial charge in [0.2, 0.25) is 0 Å². The Hall–Kier alpha value is -0.570. The number of esters is 1. The van der Waals surface area contributed by atoms with Crippen LogP contribution in [0, 0.1) is 5.92 Å². The largest absolute Gasteiger partial charge is 0.468 e. The van der Waals surface area contributed by atoms with Gasteiger partial charge in [0, 0.05) is 12.6 Å². The average Bonchev–Trinajstić information content (AvgIpc) is 2.16. The number of carbonyl (C=O) groups excluding carboxylic acids is 1. The monoisotopic (exact) mass is 201 g/mol. The van der Waals surface area contributed by atoms with Crippen molar-refractivity contribution in [1.29, 1.82) is 0 Å². The fraction of sp³-hybridized carbons (Fsp3) is 0.909. The lowest BCUT2D eigenvalue weighted by Gasteiger charge is -2.27. The third kappa shape index (κ3) is 5.22. The minimum atomic E-state index is -0.151. The van der Waals surface area contributed by atoms with E-state index < -0.39 is 0 Å². The third-order valence-electron chi connectivity index (χ3n) is 2.53. The van der Waals surface area contributed by atoms with Gasteiger partial charge in [0.15, 0.2) is 0 Å². The van der Waals surface area contributed by atoms with Gasteiger partial charge in [-0.05, 0) is 19.8 Å². The third-order valence-corrected chi connectivity index (χ3v) is 2.53. The molecule has 1 atom stereocenters. The highest BCUT2D eigenvalue weighted by Gasteiger charge is 2.16. The Balaban J connectivity index is 4.09. The van der Waals surface area contributed by atoms with Crippen LogP contribution in [-0.2, 0) is 9.53 Å². The van der Waals surface area contributed by atoms with E-state index in [1.807, 2.05) is 0 Å². The second-order valence-electron chi connectivity index (χ2n) is 4.11. The summed E-state index contributed by atoms with van der Waals surface area (Å²) in [5.41, 5.74) is 0. The molecule has 14 heavy (non-hydrogen) atoms. The van der Waals surface area contributed by atoms with Crippen molar-refractivity contribution in [1.82, 2.24) is 4.90 Å². The molecule has 0 aliphatic carbocycles. The van der Waals surface area contributed by atoms with Crippen molar-refractivity contribution >= 4 is 5.97 Å². The molecule has 0 N–H and O–H groups in total. The van der Waals surface area contributed by atoms with Gasteiger partial charge in [0.25, 0.3) is 0 Å². The molecule has 3 heteroatoms. The summed E-state index contributed by atoms with van der Waals surface area (Å²) in [5, 5.41) is 0. The smallest absolute Gasteiger partial charge is 0.319 e. The summed E-state index contributed by atoms with van der Waals surface area (Å²) in [6.07, 6.45) is 1.14. The molecule has 0 aromatic rings. The van der Waals surface area contributed by atoms with Crippen LogP contribution in [0.5, 0.6) is 0 Å². The number of methoxy groups -OCH3 is 1. The second-order valence-corrected chi connectivity index (χ2v) is 4.11. The summed E-state index contributed by atoms with van der Waals surface area (Å²) < 4.78 is 4.67. The fourth-order valence-corrected chi connectivity index (χ4v) is 1.22. The van der Waals surface area contributed by atoms with Crippen molar-refractivity contribution in [2.45, 2.75) is 40.2 Å². The first-order chi connectivity index (χ1) is 6.51. The molecule has 0 aromatic carbocycles. The maximum atomic E-state index is 11.1. The van der Waals surface area contributed by atoms with Gasteiger partial charge < -0.3 is 4.74 Å². The van der Waals surface area contributed by atoms with E-state index in [0.717, 1.165) is 13.0 Å². The molecule has 0 radical (unpaired) electrons. The molecule has 1 unspecified atom stereocenters. The lowest BCUT2D eigenvalue weighted by molar-refractivity contribution is -0.142. The number of ether oxygens (including phenoxy) is 1. The minimum Gasteiger partial charge on any atom is -0.468 e. The first kappa shape index (κ1) is 13.4. The van der Waals surface area contributed by atoms with Crippen LogP contribution in [0.15, 0.2) is 0 Å². The second kappa shape index (κ2) is 6.82. The van der Waals surface area contributed by atoms with Crippen molar-refractivity contribution in [3.63, 3.8) is 0 Å². The van der Waals surface area contributed by atoms with Crippen LogP contribution in [0.25, 0.3) is 0 Å². The van der Waals surface area contributed by atoms with Crippen LogP contribution in [0.3, 0.4) is 0 Å². The highest BCUT2D eigenvalue weighted by Crippen LogP contribution is 2.07. The summed E-state index contributed by atoms with van der Waals surface area (Å²) in [5.74, 6) is 0.476. The predicted octanol–water partition coefficient (Wildman–Crippen LogP) is 1.92. The number of hydrogen-bond donors (Lipinski definition) is 0. The van der Waals surface area contributed by atoms with E-state index in [0.29, 0.717) is 18.5 Å². The fourth-order valence-electron chi connectivity index (χ4n) is 1.22. The van der Waals surface area contributed by atoms with Gasteiger partial charge in [-0.25, -0.2) is 0 Å². The molecular weight excluding hydrogens is 178 g/mol. The summed E-state index contributed by atoms with van der Waals surface area (Å²) in [6.45, 7) is 9.94. The van der Waals surface area contributed by atoms with Gasteiger partial charge in [-0.1, -0.05) is 20.3 Å². The van der Waals surface area contributed by atoms with E-state index in [4.69, 9.17) is 0 Å². The lowest BCUT2D eigenvalue weighted by atomic mass is 10.1. The number of carbonyl (C=O) groups is 1. The van der Waals surface area contributed by atoms with Crippen molar-refractivity contribution in [2.75, 3.05) is 20.2 Å². The Kier molecular flexibility index (Phi) is 6.54. The SMILES string of the molecule is CCC(C)CN(CC(=O)OC)C(C)C. The van der Waals surface area contributed by atoms with Crippen LogP contribution >= 0.6 is 0 Å². The molecule has 0 fully saturated rings. The molecule has 0 aromatic heterocycles. The molecule has 0 saturated carbocycles. The topological polar surface area (TPSA) is 29.5 Å². The van der Waals surface area contributed by atoms with E-state index in [2.05, 4.69) is 37.3 Å². The van der Waals surface area contributed by atoms with Crippen LogP contribution in [0.2, 0.25) is 0 Å². The molecule has 0 aliphatic heterocycles. The Bertz CT molecular complexity index is 169. The normalized spacial score (nSPS) is 13.4. The first-order valence-corrected chi connectivity index (χ1v) is 5.32. The summed E-state index contributed by atoms with van der Waals surface area (Å²) in [7, 11) is 1.43. The van der Waals surface area contributed by atoms with E-state index in [9.17, 15) is 4.79 Å². The van der Waals surface area contributed by atoms with Crippen LogP contribution in [0.1, 0.15) is 34.1 Å². The summed E-state index contributed by atoms with van der Waals surface area (Å²) >= 11 is 0. The Morgan fingerprint density at radius 1 is 1.36 bits per heavy atom. The molecular formula is C11H23NO2. The molecule has 0 aliphatic rings. The molecule has 0 bridgehead atoms. The van der Waals surface area contributed by atoms with E-state index in [1.54, 1.807) is 0 Å². The first-order valence-electron chi connectivity index (χ1n) is 5.32. The predicted molar refractivity (Wildman–Crippen MR) is 58.2 cm³/mol. The Morgan fingerprint density at radius 2 is 1.93 bits per heavy atom. The van der Waals surface area contributed by atoms with Gasteiger partial charge in [-0.3, -0.25) is 9.69 Å². The maximum absolute atomic E-state index is 11.1. The van der Waals surface area contributed by atoms with E-state index in [-0.39, 0.29) is 5.97 Å². The van der Waals surface area contributed by atoms with Crippen LogP contribution in [-0.4, -0.2) is 37.1 Å².